The molecule has 1 aliphatic heterocycles. The summed E-state index contributed by atoms with van der Waals surface area (Å²) >= 11 is 0. The molecule has 1 aromatic heterocycles. The van der Waals surface area contributed by atoms with Crippen molar-refractivity contribution in [1.29, 1.82) is 0 Å². The molecule has 6 heteroatoms. The van der Waals surface area contributed by atoms with Gasteiger partial charge in [0.2, 0.25) is 0 Å². The molecule has 31 heavy (non-hydrogen) atoms. The van der Waals surface area contributed by atoms with E-state index in [0.29, 0.717) is 6.04 Å². The summed E-state index contributed by atoms with van der Waals surface area (Å²) in [4.78, 5) is 17.0. The van der Waals surface area contributed by atoms with Gasteiger partial charge < -0.3 is 20.0 Å². The predicted octanol–water partition coefficient (Wildman–Crippen LogP) is 4.04. The molecular weight excluding hydrogens is 384 g/mol. The SMILES string of the molecule is CCN(CCCNc1nc(-c2ccc(N3CCN(C)CC3)cc2)nc(C)c1C)C(C)C. The van der Waals surface area contributed by atoms with Crippen LogP contribution in [-0.2, 0) is 0 Å². The Kier molecular flexibility index (Phi) is 8.27. The summed E-state index contributed by atoms with van der Waals surface area (Å²) in [6.45, 7) is 18.4. The molecule has 0 atom stereocenters. The zero-order chi connectivity index (χ0) is 22.4. The molecule has 1 aliphatic rings. The molecule has 0 radical (unpaired) electrons. The van der Waals surface area contributed by atoms with E-state index in [1.54, 1.807) is 0 Å². The Hall–Kier alpha value is -2.18. The van der Waals surface area contributed by atoms with Crippen molar-refractivity contribution in [2.45, 2.75) is 47.1 Å². The van der Waals surface area contributed by atoms with Crippen molar-refractivity contribution in [3.63, 3.8) is 0 Å². The van der Waals surface area contributed by atoms with Gasteiger partial charge in [-0.25, -0.2) is 9.97 Å². The van der Waals surface area contributed by atoms with Crippen LogP contribution in [0, 0.1) is 13.8 Å². The number of rotatable bonds is 9. The molecule has 1 saturated heterocycles. The van der Waals surface area contributed by atoms with Gasteiger partial charge in [0.1, 0.15) is 5.82 Å². The molecule has 3 rings (SSSR count). The maximum Gasteiger partial charge on any atom is 0.161 e. The second-order valence-corrected chi connectivity index (χ2v) is 8.95. The van der Waals surface area contributed by atoms with Crippen LogP contribution in [0.25, 0.3) is 11.4 Å². The molecule has 2 aromatic rings. The zero-order valence-corrected chi connectivity index (χ0v) is 20.3. The van der Waals surface area contributed by atoms with Crippen molar-refractivity contribution in [3.8, 4) is 11.4 Å². The monoisotopic (exact) mass is 424 g/mol. The van der Waals surface area contributed by atoms with E-state index in [2.05, 4.69) is 85.9 Å². The summed E-state index contributed by atoms with van der Waals surface area (Å²) in [7, 11) is 2.19. The standard InChI is InChI=1S/C25H40N6/c1-7-30(19(2)3)14-8-13-26-24-20(4)21(5)27-25(28-24)22-9-11-23(12-10-22)31-17-15-29(6)16-18-31/h9-12,19H,7-8,13-18H2,1-6H3,(H,26,27,28). The fraction of sp³-hybridized carbons (Fsp3) is 0.600. The number of nitrogens with zero attached hydrogens (tertiary/aromatic N) is 5. The molecule has 0 spiro atoms. The molecule has 1 fully saturated rings. The first kappa shape index (κ1) is 23.5. The van der Waals surface area contributed by atoms with Gasteiger partial charge in [-0.2, -0.15) is 0 Å². The summed E-state index contributed by atoms with van der Waals surface area (Å²) in [5.41, 5.74) is 4.52. The van der Waals surface area contributed by atoms with Crippen LogP contribution in [-0.4, -0.2) is 78.7 Å². The van der Waals surface area contributed by atoms with Crippen molar-refractivity contribution in [3.05, 3.63) is 35.5 Å². The molecule has 170 valence electrons. The smallest absolute Gasteiger partial charge is 0.161 e. The van der Waals surface area contributed by atoms with Crippen molar-refractivity contribution in [2.75, 3.05) is 63.1 Å². The highest BCUT2D eigenvalue weighted by molar-refractivity contribution is 5.63. The van der Waals surface area contributed by atoms with E-state index in [4.69, 9.17) is 9.97 Å². The first-order valence-electron chi connectivity index (χ1n) is 11.8. The van der Waals surface area contributed by atoms with Gasteiger partial charge >= 0.3 is 0 Å². The number of likely N-dealkylation sites (N-methyl/N-ethyl adjacent to an activating group) is 1. The zero-order valence-electron chi connectivity index (χ0n) is 20.3. The number of hydrogen-bond acceptors (Lipinski definition) is 6. The Morgan fingerprint density at radius 3 is 2.32 bits per heavy atom. The topological polar surface area (TPSA) is 47.5 Å². The largest absolute Gasteiger partial charge is 0.370 e. The summed E-state index contributed by atoms with van der Waals surface area (Å²) in [5.74, 6) is 1.76. The number of aryl methyl sites for hydroxylation is 1. The van der Waals surface area contributed by atoms with E-state index in [0.717, 1.165) is 80.7 Å². The van der Waals surface area contributed by atoms with Gasteiger partial charge in [0.15, 0.2) is 5.82 Å². The van der Waals surface area contributed by atoms with Crippen molar-refractivity contribution < 1.29 is 0 Å². The second kappa shape index (κ2) is 10.9. The number of anilines is 2. The van der Waals surface area contributed by atoms with Crippen LogP contribution >= 0.6 is 0 Å². The summed E-state index contributed by atoms with van der Waals surface area (Å²) < 4.78 is 0. The van der Waals surface area contributed by atoms with Gasteiger partial charge in [-0.05, 0) is 72.0 Å². The van der Waals surface area contributed by atoms with Gasteiger partial charge in [-0.15, -0.1) is 0 Å². The van der Waals surface area contributed by atoms with E-state index < -0.39 is 0 Å². The van der Waals surface area contributed by atoms with Crippen LogP contribution < -0.4 is 10.2 Å². The third-order valence-corrected chi connectivity index (χ3v) is 6.43. The van der Waals surface area contributed by atoms with E-state index in [-0.39, 0.29) is 0 Å². The molecule has 6 nitrogen and oxygen atoms in total. The van der Waals surface area contributed by atoms with E-state index in [1.807, 2.05) is 0 Å². The number of hydrogen-bond donors (Lipinski definition) is 1. The van der Waals surface area contributed by atoms with E-state index in [9.17, 15) is 0 Å². The van der Waals surface area contributed by atoms with Crippen molar-refractivity contribution in [1.82, 2.24) is 19.8 Å². The minimum atomic E-state index is 0.591. The van der Waals surface area contributed by atoms with E-state index >= 15 is 0 Å². The molecule has 0 unspecified atom stereocenters. The number of nitrogens with one attached hydrogen (secondary N) is 1. The molecule has 0 bridgehead atoms. The molecule has 0 aliphatic carbocycles. The Balaban J connectivity index is 1.66. The lowest BCUT2D eigenvalue weighted by Gasteiger charge is -2.34. The van der Waals surface area contributed by atoms with Gasteiger partial charge in [0.05, 0.1) is 0 Å². The van der Waals surface area contributed by atoms with Crippen LogP contribution in [0.3, 0.4) is 0 Å². The van der Waals surface area contributed by atoms with Crippen LogP contribution in [0.1, 0.15) is 38.4 Å². The Morgan fingerprint density at radius 1 is 1.03 bits per heavy atom. The van der Waals surface area contributed by atoms with Crippen molar-refractivity contribution in [2.24, 2.45) is 0 Å². The van der Waals surface area contributed by atoms with Crippen LogP contribution in [0.5, 0.6) is 0 Å². The average molecular weight is 425 g/mol. The lowest BCUT2D eigenvalue weighted by molar-refractivity contribution is 0.233. The number of piperazine rings is 1. The van der Waals surface area contributed by atoms with Crippen molar-refractivity contribution >= 4 is 11.5 Å². The van der Waals surface area contributed by atoms with Crippen LogP contribution in [0.2, 0.25) is 0 Å². The fourth-order valence-electron chi connectivity index (χ4n) is 4.09. The maximum absolute atomic E-state index is 4.87. The average Bonchev–Trinajstić information content (AvgIpc) is 2.77. The highest BCUT2D eigenvalue weighted by Crippen LogP contribution is 2.25. The molecule has 1 N–H and O–H groups in total. The lowest BCUT2D eigenvalue weighted by Crippen LogP contribution is -2.44. The second-order valence-electron chi connectivity index (χ2n) is 8.95. The maximum atomic E-state index is 4.87. The Labute approximate surface area is 188 Å². The molecule has 0 saturated carbocycles. The highest BCUT2D eigenvalue weighted by Gasteiger charge is 2.15. The first-order valence-corrected chi connectivity index (χ1v) is 11.8. The fourth-order valence-corrected chi connectivity index (χ4v) is 4.09. The Morgan fingerprint density at radius 2 is 1.71 bits per heavy atom. The predicted molar refractivity (Wildman–Crippen MR) is 132 cm³/mol. The third kappa shape index (κ3) is 6.17. The quantitative estimate of drug-likeness (QED) is 0.613. The normalized spacial score (nSPS) is 15.2. The number of aromatic nitrogens is 2. The minimum absolute atomic E-state index is 0.591. The van der Waals surface area contributed by atoms with Gasteiger partial charge in [-0.3, -0.25) is 0 Å². The highest BCUT2D eigenvalue weighted by atomic mass is 15.2. The molecule has 0 amide bonds. The van der Waals surface area contributed by atoms with Gasteiger partial charge in [0, 0.05) is 67.8 Å². The van der Waals surface area contributed by atoms with Gasteiger partial charge in [-0.1, -0.05) is 6.92 Å². The van der Waals surface area contributed by atoms with Crippen LogP contribution in [0.15, 0.2) is 24.3 Å². The van der Waals surface area contributed by atoms with Crippen LogP contribution in [0.4, 0.5) is 11.5 Å². The summed E-state index contributed by atoms with van der Waals surface area (Å²) in [6, 6.07) is 9.32. The molecule has 2 heterocycles. The number of benzene rings is 1. The molecule has 1 aromatic carbocycles. The lowest BCUT2D eigenvalue weighted by atomic mass is 10.1. The van der Waals surface area contributed by atoms with Gasteiger partial charge in [0.25, 0.3) is 0 Å². The summed E-state index contributed by atoms with van der Waals surface area (Å²) in [5, 5.41) is 3.56. The minimum Gasteiger partial charge on any atom is -0.370 e. The summed E-state index contributed by atoms with van der Waals surface area (Å²) in [6.07, 6.45) is 1.10. The molecular formula is C25H40N6. The third-order valence-electron chi connectivity index (χ3n) is 6.43. The Bertz CT molecular complexity index is 825. The first-order chi connectivity index (χ1) is 14.9. The van der Waals surface area contributed by atoms with E-state index in [1.165, 1.54) is 5.69 Å².